The Labute approximate surface area is 309 Å². The van der Waals surface area contributed by atoms with Gasteiger partial charge in [-0.25, -0.2) is 0 Å². The van der Waals surface area contributed by atoms with Gasteiger partial charge in [-0.1, -0.05) is 97.1 Å². The Morgan fingerprint density at radius 2 is 1.08 bits per heavy atom. The van der Waals surface area contributed by atoms with E-state index in [-0.39, 0.29) is 0 Å². The number of anilines is 6. The van der Waals surface area contributed by atoms with Crippen LogP contribution in [0.5, 0.6) is 11.5 Å². The molecule has 1 unspecified atom stereocenters. The molecular formula is C48H32N3OP. The molecule has 0 spiro atoms. The highest BCUT2D eigenvalue weighted by atomic mass is 31.1. The van der Waals surface area contributed by atoms with Gasteiger partial charge in [0.05, 0.1) is 33.1 Å². The summed E-state index contributed by atoms with van der Waals surface area (Å²) in [7, 11) is -0.976. The Balaban J connectivity index is 1.18. The average Bonchev–Trinajstić information content (AvgIpc) is 3.57. The van der Waals surface area contributed by atoms with Crippen molar-refractivity contribution in [3.05, 3.63) is 194 Å². The molecule has 250 valence electrons. The van der Waals surface area contributed by atoms with Crippen molar-refractivity contribution in [2.75, 3.05) is 9.80 Å². The molecule has 53 heavy (non-hydrogen) atoms. The second-order valence-corrected chi connectivity index (χ2v) is 15.5. The minimum Gasteiger partial charge on any atom is -0.455 e. The van der Waals surface area contributed by atoms with Gasteiger partial charge in [-0.05, 0) is 105 Å². The van der Waals surface area contributed by atoms with Gasteiger partial charge in [-0.2, -0.15) is 0 Å². The van der Waals surface area contributed by atoms with Gasteiger partial charge in [0, 0.05) is 44.4 Å². The fourth-order valence-corrected chi connectivity index (χ4v) is 10.9. The van der Waals surface area contributed by atoms with Gasteiger partial charge in [0.25, 0.3) is 0 Å². The molecular weight excluding hydrogens is 666 g/mol. The van der Waals surface area contributed by atoms with Crippen LogP contribution in [0.1, 0.15) is 0 Å². The second-order valence-electron chi connectivity index (χ2n) is 13.4. The summed E-state index contributed by atoms with van der Waals surface area (Å²) in [4.78, 5) is 4.78. The largest absolute Gasteiger partial charge is 0.455 e. The van der Waals surface area contributed by atoms with Crippen LogP contribution in [0.2, 0.25) is 0 Å². The van der Waals surface area contributed by atoms with E-state index in [2.05, 4.69) is 208 Å². The first kappa shape index (κ1) is 30.1. The molecule has 0 N–H and O–H groups in total. The summed E-state index contributed by atoms with van der Waals surface area (Å²) in [5.41, 5.74) is 10.2. The molecule has 2 aliphatic rings. The van der Waals surface area contributed by atoms with Crippen LogP contribution in [-0.2, 0) is 0 Å². The van der Waals surface area contributed by atoms with Crippen molar-refractivity contribution in [2.45, 2.75) is 0 Å². The first-order valence-corrected chi connectivity index (χ1v) is 19.3. The molecule has 9 aromatic rings. The van der Waals surface area contributed by atoms with Crippen molar-refractivity contribution >= 4 is 79.8 Å². The number of rotatable bonds is 5. The second kappa shape index (κ2) is 12.0. The lowest BCUT2D eigenvalue weighted by Crippen LogP contribution is -2.37. The van der Waals surface area contributed by atoms with E-state index >= 15 is 0 Å². The summed E-state index contributed by atoms with van der Waals surface area (Å²) in [6.07, 6.45) is 0. The van der Waals surface area contributed by atoms with Gasteiger partial charge in [0.1, 0.15) is 11.5 Å². The number of hydrogen-bond donors (Lipinski definition) is 0. The molecule has 0 saturated heterocycles. The zero-order chi connectivity index (χ0) is 34.9. The molecule has 11 rings (SSSR count). The van der Waals surface area contributed by atoms with Crippen LogP contribution >= 0.6 is 7.92 Å². The summed E-state index contributed by atoms with van der Waals surface area (Å²) in [6, 6.07) is 69.6. The number of aromatic nitrogens is 1. The molecule has 0 radical (unpaired) electrons. The van der Waals surface area contributed by atoms with E-state index in [0.29, 0.717) is 0 Å². The van der Waals surface area contributed by atoms with Crippen molar-refractivity contribution in [1.29, 1.82) is 0 Å². The lowest BCUT2D eigenvalue weighted by atomic mass is 10.1. The van der Waals surface area contributed by atoms with Gasteiger partial charge in [-0.15, -0.1) is 0 Å². The van der Waals surface area contributed by atoms with Crippen LogP contribution < -0.4 is 30.5 Å². The zero-order valence-corrected chi connectivity index (χ0v) is 29.6. The van der Waals surface area contributed by atoms with Gasteiger partial charge >= 0.3 is 0 Å². The molecule has 2 aliphatic heterocycles. The van der Waals surface area contributed by atoms with Crippen LogP contribution in [0.4, 0.5) is 34.1 Å². The third-order valence-electron chi connectivity index (χ3n) is 10.4. The molecule has 8 aromatic carbocycles. The van der Waals surface area contributed by atoms with E-state index in [0.717, 1.165) is 56.5 Å². The van der Waals surface area contributed by atoms with Gasteiger partial charge in [0.2, 0.25) is 0 Å². The van der Waals surface area contributed by atoms with Crippen LogP contribution in [-0.4, -0.2) is 4.57 Å². The number of hydrogen-bond acceptors (Lipinski definition) is 3. The molecule has 3 heterocycles. The SMILES string of the molecule is c1ccc(N(c2ccccc2)c2ccc3c(c2)N(c2ccccc2)c2cccc4c2P3c2ccc3c(c2O4)c2ccccc2n3-c2ccccc2)cc1. The van der Waals surface area contributed by atoms with Crippen molar-refractivity contribution in [2.24, 2.45) is 0 Å². The summed E-state index contributed by atoms with van der Waals surface area (Å²) >= 11 is 0. The maximum absolute atomic E-state index is 7.14. The van der Waals surface area contributed by atoms with Crippen LogP contribution in [0.15, 0.2) is 194 Å². The van der Waals surface area contributed by atoms with Crippen molar-refractivity contribution in [3.8, 4) is 17.2 Å². The highest BCUT2D eigenvalue weighted by Crippen LogP contribution is 2.57. The topological polar surface area (TPSA) is 20.6 Å². The highest BCUT2D eigenvalue weighted by molar-refractivity contribution is 7.81. The van der Waals surface area contributed by atoms with Crippen LogP contribution in [0.3, 0.4) is 0 Å². The lowest BCUT2D eigenvalue weighted by Gasteiger charge is -2.41. The first-order valence-electron chi connectivity index (χ1n) is 18.0. The van der Waals surface area contributed by atoms with Gasteiger partial charge in [-0.3, -0.25) is 0 Å². The molecule has 4 nitrogen and oxygen atoms in total. The predicted molar refractivity (Wildman–Crippen MR) is 222 cm³/mol. The molecule has 0 saturated carbocycles. The Hall–Kier alpha value is -6.61. The Morgan fingerprint density at radius 3 is 1.79 bits per heavy atom. The van der Waals surface area contributed by atoms with Crippen molar-refractivity contribution in [1.82, 2.24) is 4.57 Å². The van der Waals surface area contributed by atoms with E-state index in [1.165, 1.54) is 32.5 Å². The summed E-state index contributed by atoms with van der Waals surface area (Å²) < 4.78 is 9.51. The van der Waals surface area contributed by atoms with Crippen molar-refractivity contribution < 1.29 is 4.74 Å². The lowest BCUT2D eigenvalue weighted by molar-refractivity contribution is 0.494. The van der Waals surface area contributed by atoms with E-state index in [4.69, 9.17) is 4.74 Å². The minimum atomic E-state index is -0.976. The van der Waals surface area contributed by atoms with E-state index in [1.54, 1.807) is 0 Å². The highest BCUT2D eigenvalue weighted by Gasteiger charge is 2.40. The van der Waals surface area contributed by atoms with Crippen LogP contribution in [0.25, 0.3) is 27.5 Å². The number of fused-ring (bicyclic) bond motifs is 8. The monoisotopic (exact) mass is 697 g/mol. The predicted octanol–water partition coefficient (Wildman–Crippen LogP) is 11.9. The smallest absolute Gasteiger partial charge is 0.145 e. The normalized spacial score (nSPS) is 14.0. The molecule has 5 heteroatoms. The van der Waals surface area contributed by atoms with Crippen molar-refractivity contribution in [3.63, 3.8) is 0 Å². The number of benzene rings is 8. The third kappa shape index (κ3) is 4.59. The van der Waals surface area contributed by atoms with Crippen LogP contribution in [0, 0.1) is 0 Å². The zero-order valence-electron chi connectivity index (χ0n) is 28.7. The van der Waals surface area contributed by atoms with Gasteiger partial charge in [0.15, 0.2) is 0 Å². The maximum atomic E-state index is 7.14. The number of para-hydroxylation sites is 5. The molecule has 0 amide bonds. The first-order chi connectivity index (χ1) is 26.3. The average molecular weight is 698 g/mol. The van der Waals surface area contributed by atoms with E-state index < -0.39 is 7.92 Å². The fraction of sp³-hybridized carbons (Fsp3) is 0. The third-order valence-corrected chi connectivity index (χ3v) is 13.0. The Bertz CT molecular complexity index is 2780. The molecule has 1 aromatic heterocycles. The van der Waals surface area contributed by atoms with E-state index in [9.17, 15) is 0 Å². The Morgan fingerprint density at radius 1 is 0.453 bits per heavy atom. The summed E-state index contributed by atoms with van der Waals surface area (Å²) in [6.45, 7) is 0. The minimum absolute atomic E-state index is 0.927. The molecule has 1 atom stereocenters. The summed E-state index contributed by atoms with van der Waals surface area (Å²) in [5, 5.41) is 6.16. The summed E-state index contributed by atoms with van der Waals surface area (Å²) in [5.74, 6) is 1.89. The number of ether oxygens (including phenoxy) is 1. The molecule has 0 aliphatic carbocycles. The molecule has 0 bridgehead atoms. The fourth-order valence-electron chi connectivity index (χ4n) is 8.24. The number of nitrogens with zero attached hydrogens (tertiary/aromatic N) is 3. The maximum Gasteiger partial charge on any atom is 0.145 e. The standard InChI is InChI=1S/C48H32N3OP/c1-5-16-33(17-6-1)49(34-18-7-2-8-19-34)37-28-30-44-42(32-37)51(36-22-11-4-12-23-36)41-26-15-27-43-48(41)53(44)45-31-29-40-46(47(45)52-43)38-24-13-14-25-39(38)50(40)35-20-9-3-10-21-35/h1-32H. The Kier molecular flexibility index (Phi) is 6.80. The molecule has 0 fully saturated rings. The quantitative estimate of drug-likeness (QED) is 0.167. The van der Waals surface area contributed by atoms with Gasteiger partial charge < -0.3 is 19.1 Å². The van der Waals surface area contributed by atoms with E-state index in [1.807, 2.05) is 0 Å².